The standard InChI is InChI=1S/C37H43N3O4S/c1-6-30(5)38-37(42)35(24-31-14-8-7-9-15-31)39(25-32-16-10-12-28(3)22-32)36(41)26-40(33-17-11-13-29(4)23-33)45(43,44)34-20-18-27(2)19-21-34/h7-23,30,35H,6,24-26H2,1-5H3,(H,38,42)/t30-,35-/m1/s1. The third-order valence-electron chi connectivity index (χ3n) is 7.89. The number of hydrogen-bond acceptors (Lipinski definition) is 4. The maximum Gasteiger partial charge on any atom is 0.264 e. The third-order valence-corrected chi connectivity index (χ3v) is 9.67. The molecule has 45 heavy (non-hydrogen) atoms. The van der Waals surface area contributed by atoms with Crippen molar-refractivity contribution >= 4 is 27.5 Å². The van der Waals surface area contributed by atoms with Gasteiger partial charge >= 0.3 is 0 Å². The molecule has 2 amide bonds. The molecule has 4 rings (SSSR count). The van der Waals surface area contributed by atoms with Crippen molar-refractivity contribution in [2.75, 3.05) is 10.8 Å². The van der Waals surface area contributed by atoms with Crippen molar-refractivity contribution in [2.45, 2.75) is 71.0 Å². The summed E-state index contributed by atoms with van der Waals surface area (Å²) in [7, 11) is -4.14. The summed E-state index contributed by atoms with van der Waals surface area (Å²) < 4.78 is 29.5. The van der Waals surface area contributed by atoms with E-state index in [-0.39, 0.29) is 29.8 Å². The Balaban J connectivity index is 1.81. The molecule has 0 heterocycles. The maximum absolute atomic E-state index is 14.6. The van der Waals surface area contributed by atoms with E-state index in [1.54, 1.807) is 42.5 Å². The molecule has 0 bridgehead atoms. The minimum absolute atomic E-state index is 0.0861. The topological polar surface area (TPSA) is 86.8 Å². The Bertz CT molecular complexity index is 1710. The fraction of sp³-hybridized carbons (Fsp3) is 0.297. The van der Waals surface area contributed by atoms with Crippen molar-refractivity contribution in [3.63, 3.8) is 0 Å². The van der Waals surface area contributed by atoms with Crippen molar-refractivity contribution in [2.24, 2.45) is 0 Å². The monoisotopic (exact) mass is 625 g/mol. The lowest BCUT2D eigenvalue weighted by Gasteiger charge is -2.34. The summed E-state index contributed by atoms with van der Waals surface area (Å²) in [4.78, 5) is 30.1. The Kier molecular flexibility index (Phi) is 11.2. The van der Waals surface area contributed by atoms with Gasteiger partial charge in [0.15, 0.2) is 0 Å². The van der Waals surface area contributed by atoms with Gasteiger partial charge in [-0.1, -0.05) is 96.9 Å². The number of carbonyl (C=O) groups is 2. The van der Waals surface area contributed by atoms with Crippen LogP contribution < -0.4 is 9.62 Å². The number of nitrogens with one attached hydrogen (secondary N) is 1. The lowest BCUT2D eigenvalue weighted by molar-refractivity contribution is -0.140. The molecule has 4 aromatic rings. The van der Waals surface area contributed by atoms with Gasteiger partial charge in [-0.25, -0.2) is 8.42 Å². The smallest absolute Gasteiger partial charge is 0.264 e. The van der Waals surface area contributed by atoms with Gasteiger partial charge in [0, 0.05) is 19.0 Å². The Morgan fingerprint density at radius 2 is 1.38 bits per heavy atom. The van der Waals surface area contributed by atoms with Crippen LogP contribution in [-0.2, 0) is 32.6 Å². The molecule has 4 aromatic carbocycles. The van der Waals surface area contributed by atoms with Crippen LogP contribution in [0.1, 0.15) is 48.1 Å². The number of rotatable bonds is 13. The van der Waals surface area contributed by atoms with Gasteiger partial charge in [0.25, 0.3) is 10.0 Å². The molecule has 0 saturated carbocycles. The van der Waals surface area contributed by atoms with E-state index in [0.717, 1.165) is 38.5 Å². The first kappa shape index (κ1) is 33.5. The highest BCUT2D eigenvalue weighted by Gasteiger charge is 2.35. The van der Waals surface area contributed by atoms with Crippen molar-refractivity contribution < 1.29 is 18.0 Å². The van der Waals surface area contributed by atoms with E-state index in [2.05, 4.69) is 5.32 Å². The molecule has 0 aromatic heterocycles. The van der Waals surface area contributed by atoms with Crippen LogP contribution in [0.5, 0.6) is 0 Å². The highest BCUT2D eigenvalue weighted by Crippen LogP contribution is 2.26. The average molecular weight is 626 g/mol. The molecule has 0 fully saturated rings. The molecule has 0 aliphatic rings. The van der Waals surface area contributed by atoms with Crippen LogP contribution in [0.4, 0.5) is 5.69 Å². The van der Waals surface area contributed by atoms with E-state index in [9.17, 15) is 18.0 Å². The molecule has 7 nitrogen and oxygen atoms in total. The molecule has 0 spiro atoms. The molecule has 236 valence electrons. The SMILES string of the molecule is CC[C@@H](C)NC(=O)[C@@H](Cc1ccccc1)N(Cc1cccc(C)c1)C(=O)CN(c1cccc(C)c1)S(=O)(=O)c1ccc(C)cc1. The summed E-state index contributed by atoms with van der Waals surface area (Å²) in [5.74, 6) is -0.758. The van der Waals surface area contributed by atoms with Crippen LogP contribution in [0.3, 0.4) is 0 Å². The summed E-state index contributed by atoms with van der Waals surface area (Å²) in [6.07, 6.45) is 1.00. The highest BCUT2D eigenvalue weighted by molar-refractivity contribution is 7.92. The van der Waals surface area contributed by atoms with E-state index in [0.29, 0.717) is 5.69 Å². The fourth-order valence-electron chi connectivity index (χ4n) is 5.15. The Hall–Kier alpha value is -4.43. The van der Waals surface area contributed by atoms with Crippen LogP contribution in [0.15, 0.2) is 108 Å². The zero-order valence-corrected chi connectivity index (χ0v) is 27.6. The zero-order valence-electron chi connectivity index (χ0n) is 26.7. The van der Waals surface area contributed by atoms with Crippen LogP contribution >= 0.6 is 0 Å². The normalized spacial score (nSPS) is 12.6. The summed E-state index contributed by atoms with van der Waals surface area (Å²) in [6.45, 7) is 9.31. The Labute approximate surface area is 268 Å². The van der Waals surface area contributed by atoms with Crippen molar-refractivity contribution in [1.82, 2.24) is 10.2 Å². The molecule has 0 saturated heterocycles. The van der Waals surface area contributed by atoms with Gasteiger partial charge in [-0.3, -0.25) is 13.9 Å². The first-order valence-corrected chi connectivity index (χ1v) is 16.8. The number of benzene rings is 4. The van der Waals surface area contributed by atoms with E-state index >= 15 is 0 Å². The quantitative estimate of drug-likeness (QED) is 0.187. The van der Waals surface area contributed by atoms with Gasteiger partial charge < -0.3 is 10.2 Å². The summed E-state index contributed by atoms with van der Waals surface area (Å²) in [5.41, 5.74) is 4.92. The predicted molar refractivity (Wildman–Crippen MR) is 180 cm³/mol. The van der Waals surface area contributed by atoms with E-state index in [1.165, 1.54) is 4.90 Å². The van der Waals surface area contributed by atoms with E-state index < -0.39 is 28.5 Å². The highest BCUT2D eigenvalue weighted by atomic mass is 32.2. The van der Waals surface area contributed by atoms with Crippen molar-refractivity contribution in [1.29, 1.82) is 0 Å². The van der Waals surface area contributed by atoms with Gasteiger partial charge in [-0.2, -0.15) is 0 Å². The molecule has 0 radical (unpaired) electrons. The molecule has 1 N–H and O–H groups in total. The Morgan fingerprint density at radius 3 is 2.00 bits per heavy atom. The lowest BCUT2D eigenvalue weighted by Crippen LogP contribution is -2.54. The lowest BCUT2D eigenvalue weighted by atomic mass is 10.0. The largest absolute Gasteiger partial charge is 0.352 e. The van der Waals surface area contributed by atoms with Crippen LogP contribution in [0, 0.1) is 20.8 Å². The van der Waals surface area contributed by atoms with Gasteiger partial charge in [-0.15, -0.1) is 0 Å². The number of carbonyl (C=O) groups excluding carboxylic acids is 2. The Morgan fingerprint density at radius 1 is 0.756 bits per heavy atom. The van der Waals surface area contributed by atoms with Crippen LogP contribution in [-0.4, -0.2) is 43.8 Å². The van der Waals surface area contributed by atoms with Crippen LogP contribution in [0.2, 0.25) is 0 Å². The molecular formula is C37H43N3O4S. The second kappa shape index (κ2) is 15.0. The number of anilines is 1. The van der Waals surface area contributed by atoms with Gasteiger partial charge in [-0.05, 0) is 75.1 Å². The summed E-state index contributed by atoms with van der Waals surface area (Å²) in [6, 6.07) is 30.1. The van der Waals surface area contributed by atoms with Gasteiger partial charge in [0.2, 0.25) is 11.8 Å². The minimum Gasteiger partial charge on any atom is -0.352 e. The number of sulfonamides is 1. The number of nitrogens with zero attached hydrogens (tertiary/aromatic N) is 2. The first-order chi connectivity index (χ1) is 21.5. The number of amides is 2. The maximum atomic E-state index is 14.6. The zero-order chi connectivity index (χ0) is 32.6. The van der Waals surface area contributed by atoms with Gasteiger partial charge in [0.05, 0.1) is 10.6 Å². The average Bonchev–Trinajstić information content (AvgIpc) is 3.02. The minimum atomic E-state index is -4.14. The second-order valence-corrected chi connectivity index (χ2v) is 13.6. The molecule has 2 atom stereocenters. The van der Waals surface area contributed by atoms with Crippen LogP contribution in [0.25, 0.3) is 0 Å². The third kappa shape index (κ3) is 8.82. The van der Waals surface area contributed by atoms with E-state index in [1.807, 2.05) is 95.3 Å². The number of hydrogen-bond donors (Lipinski definition) is 1. The molecule has 0 aliphatic heterocycles. The summed E-state index contributed by atoms with van der Waals surface area (Å²) >= 11 is 0. The molecular weight excluding hydrogens is 582 g/mol. The first-order valence-electron chi connectivity index (χ1n) is 15.3. The summed E-state index contributed by atoms with van der Waals surface area (Å²) in [5, 5.41) is 3.07. The number of aryl methyl sites for hydroxylation is 3. The predicted octanol–water partition coefficient (Wildman–Crippen LogP) is 6.36. The second-order valence-electron chi connectivity index (χ2n) is 11.7. The fourth-order valence-corrected chi connectivity index (χ4v) is 6.56. The molecule has 8 heteroatoms. The van der Waals surface area contributed by atoms with Crippen molar-refractivity contribution in [3.8, 4) is 0 Å². The van der Waals surface area contributed by atoms with Crippen molar-refractivity contribution in [3.05, 3.63) is 131 Å². The molecule has 0 unspecified atom stereocenters. The molecule has 0 aliphatic carbocycles. The van der Waals surface area contributed by atoms with Gasteiger partial charge in [0.1, 0.15) is 12.6 Å². The van der Waals surface area contributed by atoms with E-state index in [4.69, 9.17) is 0 Å².